The van der Waals surface area contributed by atoms with Gasteiger partial charge in [0.25, 0.3) is 0 Å². The maximum absolute atomic E-state index is 11.4. The molecule has 0 aliphatic rings. The fourth-order valence-corrected chi connectivity index (χ4v) is 2.66. The lowest BCUT2D eigenvalue weighted by Crippen LogP contribution is -2.21. The number of amides is 1. The van der Waals surface area contributed by atoms with Crippen LogP contribution in [0.5, 0.6) is 0 Å². The fourth-order valence-electron chi connectivity index (χ4n) is 1.23. The van der Waals surface area contributed by atoms with Gasteiger partial charge in [-0.3, -0.25) is 4.79 Å². The number of carbonyl (C=O) groups is 1. The Morgan fingerprint density at radius 2 is 2.38 bits per heavy atom. The number of unbranched alkanes of at least 4 members (excludes halogenated alkanes) is 2. The number of halogens is 1. The molecule has 0 aromatic carbocycles. The highest BCUT2D eigenvalue weighted by Crippen LogP contribution is 2.22. The first-order chi connectivity index (χ1) is 7.74. The third kappa shape index (κ3) is 4.82. The molecule has 1 aromatic rings. The van der Waals surface area contributed by atoms with Crippen molar-refractivity contribution >= 4 is 33.2 Å². The number of carbonyl (C=O) groups excluding carboxylic acids is 1. The zero-order valence-electron chi connectivity index (χ0n) is 8.96. The molecular formula is C12H14BrNOS. The molecule has 1 heterocycles. The topological polar surface area (TPSA) is 29.1 Å². The predicted molar refractivity (Wildman–Crippen MR) is 71.2 cm³/mol. The Kier molecular flexibility index (Phi) is 6.20. The van der Waals surface area contributed by atoms with Crippen LogP contribution < -0.4 is 5.32 Å². The van der Waals surface area contributed by atoms with Gasteiger partial charge >= 0.3 is 0 Å². The van der Waals surface area contributed by atoms with E-state index in [2.05, 4.69) is 27.2 Å². The summed E-state index contributed by atoms with van der Waals surface area (Å²) in [6, 6.07) is 1.99. The molecule has 0 saturated heterocycles. The van der Waals surface area contributed by atoms with Crippen LogP contribution in [-0.2, 0) is 11.3 Å². The summed E-state index contributed by atoms with van der Waals surface area (Å²) in [5.74, 6) is 2.66. The van der Waals surface area contributed by atoms with Gasteiger partial charge in [0.15, 0.2) is 0 Å². The van der Waals surface area contributed by atoms with Gasteiger partial charge in [0.05, 0.1) is 6.54 Å². The highest BCUT2D eigenvalue weighted by molar-refractivity contribution is 9.10. The molecule has 4 heteroatoms. The summed E-state index contributed by atoms with van der Waals surface area (Å²) in [4.78, 5) is 12.6. The minimum atomic E-state index is 0.0947. The van der Waals surface area contributed by atoms with E-state index in [1.54, 1.807) is 11.3 Å². The first-order valence-electron chi connectivity index (χ1n) is 5.16. The van der Waals surface area contributed by atoms with Crippen molar-refractivity contribution in [1.29, 1.82) is 0 Å². The van der Waals surface area contributed by atoms with Crippen molar-refractivity contribution in [2.45, 2.75) is 32.2 Å². The summed E-state index contributed by atoms with van der Waals surface area (Å²) in [5.41, 5.74) is 0. The molecule has 0 aliphatic carbocycles. The number of rotatable bonds is 6. The Morgan fingerprint density at radius 3 is 3.00 bits per heavy atom. The monoisotopic (exact) mass is 299 g/mol. The quantitative estimate of drug-likeness (QED) is 0.634. The van der Waals surface area contributed by atoms with E-state index < -0.39 is 0 Å². The second kappa shape index (κ2) is 7.48. The standard InChI is InChI=1S/C12H14BrNOS/c1-2-3-4-5-6-12(15)14-9-11-10(13)7-8-16-11/h1,7-8H,3-6,9H2,(H,14,15). The lowest BCUT2D eigenvalue weighted by atomic mass is 10.2. The zero-order valence-corrected chi connectivity index (χ0v) is 11.4. The average molecular weight is 300 g/mol. The van der Waals surface area contributed by atoms with Crippen LogP contribution in [0.3, 0.4) is 0 Å². The van der Waals surface area contributed by atoms with Crippen molar-refractivity contribution in [1.82, 2.24) is 5.32 Å². The highest BCUT2D eigenvalue weighted by atomic mass is 79.9. The van der Waals surface area contributed by atoms with Gasteiger partial charge in [-0.2, -0.15) is 0 Å². The average Bonchev–Trinajstić information content (AvgIpc) is 2.67. The van der Waals surface area contributed by atoms with Crippen LogP contribution in [0, 0.1) is 12.3 Å². The van der Waals surface area contributed by atoms with Crippen LogP contribution in [0.1, 0.15) is 30.6 Å². The molecular weight excluding hydrogens is 286 g/mol. The van der Waals surface area contributed by atoms with Gasteiger partial charge in [-0.15, -0.1) is 23.7 Å². The number of hydrogen-bond acceptors (Lipinski definition) is 2. The number of thiophene rings is 1. The zero-order chi connectivity index (χ0) is 11.8. The molecule has 0 saturated carbocycles. The van der Waals surface area contributed by atoms with Gasteiger partial charge in [0.1, 0.15) is 0 Å². The van der Waals surface area contributed by atoms with E-state index >= 15 is 0 Å². The van der Waals surface area contributed by atoms with Gasteiger partial charge < -0.3 is 5.32 Å². The Morgan fingerprint density at radius 1 is 1.56 bits per heavy atom. The van der Waals surface area contributed by atoms with Crippen LogP contribution in [0.2, 0.25) is 0 Å². The van der Waals surface area contributed by atoms with Crippen LogP contribution in [0.25, 0.3) is 0 Å². The van der Waals surface area contributed by atoms with E-state index in [1.165, 1.54) is 0 Å². The molecule has 1 amide bonds. The van der Waals surface area contributed by atoms with Crippen molar-refractivity contribution in [3.8, 4) is 12.3 Å². The van der Waals surface area contributed by atoms with Crippen LogP contribution in [0.4, 0.5) is 0 Å². The Hall–Kier alpha value is -0.790. The van der Waals surface area contributed by atoms with Crippen LogP contribution in [-0.4, -0.2) is 5.91 Å². The Bertz CT molecular complexity index is 381. The van der Waals surface area contributed by atoms with E-state index in [1.807, 2.05) is 11.4 Å². The van der Waals surface area contributed by atoms with Crippen molar-refractivity contribution in [3.63, 3.8) is 0 Å². The van der Waals surface area contributed by atoms with Crippen molar-refractivity contribution in [2.24, 2.45) is 0 Å². The molecule has 0 fully saturated rings. The van der Waals surface area contributed by atoms with Gasteiger partial charge in [0.2, 0.25) is 5.91 Å². The molecule has 86 valence electrons. The Labute approximate surface area is 109 Å². The summed E-state index contributed by atoms with van der Waals surface area (Å²) in [6.45, 7) is 0.603. The lowest BCUT2D eigenvalue weighted by Gasteiger charge is -2.03. The number of nitrogens with one attached hydrogen (secondary N) is 1. The summed E-state index contributed by atoms with van der Waals surface area (Å²) in [5, 5.41) is 4.89. The van der Waals surface area contributed by atoms with E-state index in [9.17, 15) is 4.79 Å². The number of terminal acetylenes is 1. The molecule has 1 rings (SSSR count). The smallest absolute Gasteiger partial charge is 0.220 e. The fraction of sp³-hybridized carbons (Fsp3) is 0.417. The summed E-state index contributed by atoms with van der Waals surface area (Å²) < 4.78 is 1.06. The van der Waals surface area contributed by atoms with Crippen LogP contribution in [0.15, 0.2) is 15.9 Å². The largest absolute Gasteiger partial charge is 0.351 e. The molecule has 1 N–H and O–H groups in total. The van der Waals surface area contributed by atoms with E-state index in [0.717, 1.165) is 28.6 Å². The summed E-state index contributed by atoms with van der Waals surface area (Å²) in [6.07, 6.45) is 8.23. The van der Waals surface area contributed by atoms with Crippen molar-refractivity contribution in [2.75, 3.05) is 0 Å². The molecule has 0 bridgehead atoms. The minimum absolute atomic E-state index is 0.0947. The van der Waals surface area contributed by atoms with E-state index in [0.29, 0.717) is 13.0 Å². The molecule has 0 atom stereocenters. The maximum Gasteiger partial charge on any atom is 0.220 e. The maximum atomic E-state index is 11.4. The second-order valence-electron chi connectivity index (χ2n) is 3.38. The lowest BCUT2D eigenvalue weighted by molar-refractivity contribution is -0.121. The Balaban J connectivity index is 2.16. The third-order valence-electron chi connectivity index (χ3n) is 2.11. The first-order valence-corrected chi connectivity index (χ1v) is 6.83. The van der Waals surface area contributed by atoms with Gasteiger partial charge in [-0.25, -0.2) is 0 Å². The van der Waals surface area contributed by atoms with Gasteiger partial charge in [0, 0.05) is 22.2 Å². The predicted octanol–water partition coefficient (Wildman–Crippen LogP) is 3.32. The van der Waals surface area contributed by atoms with Crippen LogP contribution >= 0.6 is 27.3 Å². The molecule has 0 spiro atoms. The second-order valence-corrected chi connectivity index (χ2v) is 5.23. The molecule has 0 unspecified atom stereocenters. The van der Waals surface area contributed by atoms with E-state index in [4.69, 9.17) is 6.42 Å². The highest BCUT2D eigenvalue weighted by Gasteiger charge is 2.04. The van der Waals surface area contributed by atoms with Crippen molar-refractivity contribution in [3.05, 3.63) is 20.8 Å². The minimum Gasteiger partial charge on any atom is -0.351 e. The normalized spacial score (nSPS) is 9.75. The number of hydrogen-bond donors (Lipinski definition) is 1. The summed E-state index contributed by atoms with van der Waals surface area (Å²) >= 11 is 5.06. The SMILES string of the molecule is C#CCCCCC(=O)NCc1sccc1Br. The molecule has 0 radical (unpaired) electrons. The van der Waals surface area contributed by atoms with Gasteiger partial charge in [-0.1, -0.05) is 0 Å². The van der Waals surface area contributed by atoms with Crippen molar-refractivity contribution < 1.29 is 4.79 Å². The molecule has 0 aliphatic heterocycles. The summed E-state index contributed by atoms with van der Waals surface area (Å²) in [7, 11) is 0. The van der Waals surface area contributed by atoms with E-state index in [-0.39, 0.29) is 5.91 Å². The molecule has 1 aromatic heterocycles. The molecule has 16 heavy (non-hydrogen) atoms. The third-order valence-corrected chi connectivity index (χ3v) is 4.04. The van der Waals surface area contributed by atoms with Gasteiger partial charge in [-0.05, 0) is 40.2 Å². The first kappa shape index (κ1) is 13.3. The molecule has 2 nitrogen and oxygen atoms in total.